The zero-order valence-corrected chi connectivity index (χ0v) is 7.04. The molecule has 0 saturated heterocycles. The molecule has 0 amide bonds. The van der Waals surface area contributed by atoms with E-state index in [0.29, 0.717) is 5.56 Å². The number of nitrogens with zero attached hydrogens (tertiary/aromatic N) is 2. The summed E-state index contributed by atoms with van der Waals surface area (Å²) in [5.41, 5.74) is 0.189. The number of rotatable bonds is 2. The molecule has 0 bridgehead atoms. The van der Waals surface area contributed by atoms with Gasteiger partial charge in [0.1, 0.15) is 0 Å². The fraction of sp³-hybridized carbons (Fsp3) is 0. The molecule has 5 nitrogen and oxygen atoms in total. The lowest BCUT2D eigenvalue weighted by molar-refractivity contribution is -0.385. The van der Waals surface area contributed by atoms with Crippen molar-refractivity contribution in [3.8, 4) is 11.8 Å². The quantitative estimate of drug-likeness (QED) is 0.437. The van der Waals surface area contributed by atoms with Crippen LogP contribution in [0.3, 0.4) is 0 Å². The van der Waals surface area contributed by atoms with E-state index in [1.165, 1.54) is 30.4 Å². The van der Waals surface area contributed by atoms with Crippen molar-refractivity contribution in [1.29, 1.82) is 5.26 Å². The van der Waals surface area contributed by atoms with Gasteiger partial charge < -0.3 is 5.11 Å². The van der Waals surface area contributed by atoms with Crippen LogP contribution in [-0.4, -0.2) is 10.0 Å². The first-order valence-electron chi connectivity index (χ1n) is 3.68. The smallest absolute Gasteiger partial charge is 0.310 e. The molecule has 0 spiro atoms. The topological polar surface area (TPSA) is 87.2 Å². The van der Waals surface area contributed by atoms with Crippen molar-refractivity contribution in [1.82, 2.24) is 0 Å². The van der Waals surface area contributed by atoms with Gasteiger partial charge >= 0.3 is 5.69 Å². The molecule has 5 heteroatoms. The van der Waals surface area contributed by atoms with Crippen molar-refractivity contribution in [3.63, 3.8) is 0 Å². The summed E-state index contributed by atoms with van der Waals surface area (Å²) in [5, 5.41) is 27.8. The summed E-state index contributed by atoms with van der Waals surface area (Å²) in [6, 6.07) is 5.64. The highest BCUT2D eigenvalue weighted by molar-refractivity contribution is 5.58. The van der Waals surface area contributed by atoms with Crippen LogP contribution in [0.4, 0.5) is 5.69 Å². The van der Waals surface area contributed by atoms with E-state index in [9.17, 15) is 15.2 Å². The molecular weight excluding hydrogens is 184 g/mol. The van der Waals surface area contributed by atoms with Crippen LogP contribution in [0.1, 0.15) is 5.56 Å². The molecule has 0 atom stereocenters. The number of aromatic hydroxyl groups is 1. The Bertz CT molecular complexity index is 432. The van der Waals surface area contributed by atoms with E-state index in [4.69, 9.17) is 5.26 Å². The third kappa shape index (κ3) is 2.08. The maximum absolute atomic E-state index is 10.3. The lowest BCUT2D eigenvalue weighted by atomic mass is 10.2. The minimum atomic E-state index is -0.673. The first-order valence-corrected chi connectivity index (χ1v) is 3.68. The van der Waals surface area contributed by atoms with Gasteiger partial charge in [-0.1, -0.05) is 0 Å². The number of nitriles is 1. The normalized spacial score (nSPS) is 9.93. The summed E-state index contributed by atoms with van der Waals surface area (Å²) in [7, 11) is 0. The maximum atomic E-state index is 10.3. The summed E-state index contributed by atoms with van der Waals surface area (Å²) < 4.78 is 0. The van der Waals surface area contributed by atoms with E-state index in [2.05, 4.69) is 0 Å². The first kappa shape index (κ1) is 9.74. The number of phenols is 1. The van der Waals surface area contributed by atoms with Gasteiger partial charge in [-0.05, 0) is 23.8 Å². The van der Waals surface area contributed by atoms with Crippen LogP contribution >= 0.6 is 0 Å². The number of nitro benzene ring substituents is 1. The Labute approximate surface area is 79.7 Å². The third-order valence-corrected chi connectivity index (χ3v) is 1.55. The molecule has 14 heavy (non-hydrogen) atoms. The van der Waals surface area contributed by atoms with Crippen LogP contribution in [0.15, 0.2) is 24.3 Å². The Morgan fingerprint density at radius 3 is 2.79 bits per heavy atom. The lowest BCUT2D eigenvalue weighted by Gasteiger charge is -1.96. The van der Waals surface area contributed by atoms with Crippen LogP contribution in [-0.2, 0) is 0 Å². The highest BCUT2D eigenvalue weighted by atomic mass is 16.6. The van der Waals surface area contributed by atoms with Gasteiger partial charge in [0, 0.05) is 12.1 Å². The molecule has 1 aromatic carbocycles. The Morgan fingerprint density at radius 2 is 2.29 bits per heavy atom. The Balaban J connectivity index is 3.08. The lowest BCUT2D eigenvalue weighted by Crippen LogP contribution is -1.88. The Morgan fingerprint density at radius 1 is 1.57 bits per heavy atom. The van der Waals surface area contributed by atoms with Crippen molar-refractivity contribution >= 4 is 11.8 Å². The minimum absolute atomic E-state index is 0.348. The van der Waals surface area contributed by atoms with Gasteiger partial charge in [0.05, 0.1) is 11.0 Å². The molecule has 0 aliphatic heterocycles. The van der Waals surface area contributed by atoms with E-state index in [1.54, 1.807) is 6.07 Å². The average Bonchev–Trinajstić information content (AvgIpc) is 2.14. The Kier molecular flexibility index (Phi) is 2.82. The van der Waals surface area contributed by atoms with E-state index < -0.39 is 10.7 Å². The molecule has 0 fully saturated rings. The fourth-order valence-electron chi connectivity index (χ4n) is 0.932. The molecule has 70 valence electrons. The van der Waals surface area contributed by atoms with E-state index in [1.807, 2.05) is 0 Å². The zero-order chi connectivity index (χ0) is 10.6. The van der Waals surface area contributed by atoms with E-state index in [0.717, 1.165) is 0 Å². The molecule has 1 aromatic rings. The van der Waals surface area contributed by atoms with Crippen LogP contribution in [0.2, 0.25) is 0 Å². The second-order valence-electron chi connectivity index (χ2n) is 2.47. The number of allylic oxidation sites excluding steroid dienone is 1. The monoisotopic (exact) mass is 190 g/mol. The molecule has 0 unspecified atom stereocenters. The summed E-state index contributed by atoms with van der Waals surface area (Å²) in [6.07, 6.45) is 2.67. The minimum Gasteiger partial charge on any atom is -0.502 e. The average molecular weight is 190 g/mol. The number of phenolic OH excluding ortho intramolecular Hbond substituents is 1. The SMILES string of the molecule is N#CC=Cc1ccc([N+](=O)[O-])c(O)c1. The summed E-state index contributed by atoms with van der Waals surface area (Å²) in [6.45, 7) is 0. The summed E-state index contributed by atoms with van der Waals surface area (Å²) in [5.74, 6) is -0.407. The Hall–Kier alpha value is -2.35. The van der Waals surface area contributed by atoms with E-state index >= 15 is 0 Å². The van der Waals surface area contributed by atoms with Gasteiger partial charge in [-0.3, -0.25) is 10.1 Å². The van der Waals surface area contributed by atoms with Gasteiger partial charge in [0.2, 0.25) is 0 Å². The maximum Gasteiger partial charge on any atom is 0.310 e. The molecule has 0 radical (unpaired) electrons. The highest BCUT2D eigenvalue weighted by Crippen LogP contribution is 2.26. The molecule has 1 N–H and O–H groups in total. The molecule has 1 rings (SSSR count). The standard InChI is InChI=1S/C9H6N2O3/c10-5-1-2-7-3-4-8(11(13)14)9(12)6-7/h1-4,6,12H. The molecule has 0 aliphatic carbocycles. The van der Waals surface area contributed by atoms with Crippen molar-refractivity contribution < 1.29 is 10.0 Å². The van der Waals surface area contributed by atoms with Crippen molar-refractivity contribution in [2.24, 2.45) is 0 Å². The van der Waals surface area contributed by atoms with Crippen molar-refractivity contribution in [2.75, 3.05) is 0 Å². The molecule has 0 heterocycles. The second-order valence-corrected chi connectivity index (χ2v) is 2.47. The zero-order valence-electron chi connectivity index (χ0n) is 7.04. The molecule has 0 aromatic heterocycles. The van der Waals surface area contributed by atoms with Crippen molar-refractivity contribution in [3.05, 3.63) is 40.0 Å². The summed E-state index contributed by atoms with van der Waals surface area (Å²) >= 11 is 0. The molecular formula is C9H6N2O3. The van der Waals surface area contributed by atoms with Crippen LogP contribution < -0.4 is 0 Å². The predicted molar refractivity (Wildman–Crippen MR) is 49.4 cm³/mol. The fourth-order valence-corrected chi connectivity index (χ4v) is 0.932. The number of hydrogen-bond donors (Lipinski definition) is 1. The van der Waals surface area contributed by atoms with Crippen LogP contribution in [0.25, 0.3) is 6.08 Å². The van der Waals surface area contributed by atoms with Crippen LogP contribution in [0.5, 0.6) is 5.75 Å². The number of nitro groups is 1. The molecule has 0 saturated carbocycles. The first-order chi connectivity index (χ1) is 6.65. The van der Waals surface area contributed by atoms with Gasteiger partial charge in [-0.2, -0.15) is 5.26 Å². The predicted octanol–water partition coefficient (Wildman–Crippen LogP) is 1.84. The van der Waals surface area contributed by atoms with Gasteiger partial charge in [0.15, 0.2) is 5.75 Å². The van der Waals surface area contributed by atoms with Gasteiger partial charge in [-0.25, -0.2) is 0 Å². The van der Waals surface area contributed by atoms with Gasteiger partial charge in [-0.15, -0.1) is 0 Å². The number of hydrogen-bond acceptors (Lipinski definition) is 4. The second kappa shape index (κ2) is 4.05. The van der Waals surface area contributed by atoms with Crippen LogP contribution in [0, 0.1) is 21.4 Å². The largest absolute Gasteiger partial charge is 0.502 e. The number of benzene rings is 1. The van der Waals surface area contributed by atoms with Gasteiger partial charge in [0.25, 0.3) is 0 Å². The molecule has 0 aliphatic rings. The van der Waals surface area contributed by atoms with Crippen molar-refractivity contribution in [2.45, 2.75) is 0 Å². The van der Waals surface area contributed by atoms with E-state index in [-0.39, 0.29) is 5.69 Å². The third-order valence-electron chi connectivity index (χ3n) is 1.55. The highest BCUT2D eigenvalue weighted by Gasteiger charge is 2.11. The summed E-state index contributed by atoms with van der Waals surface area (Å²) in [4.78, 5) is 9.65.